The summed E-state index contributed by atoms with van der Waals surface area (Å²) in [6, 6.07) is 11.1. The minimum absolute atomic E-state index is 0.657. The van der Waals surface area contributed by atoms with E-state index in [0.717, 1.165) is 39.8 Å². The first-order valence-corrected chi connectivity index (χ1v) is 9.32. The van der Waals surface area contributed by atoms with Gasteiger partial charge in [-0.15, -0.1) is 0 Å². The molecule has 7 heteroatoms. The Morgan fingerprint density at radius 1 is 1.19 bits per heavy atom. The quantitative estimate of drug-likeness (QED) is 0.685. The molecule has 0 spiro atoms. The van der Waals surface area contributed by atoms with E-state index in [-0.39, 0.29) is 0 Å². The Morgan fingerprint density at radius 2 is 2.00 bits per heavy atom. The summed E-state index contributed by atoms with van der Waals surface area (Å²) in [6.07, 6.45) is 3.60. The SMILES string of the molecule is O=C(O)[C@H](c1c[nH]c2cc(Br)ccc12)N1CCN(c2ccccn2)CC1. The summed E-state index contributed by atoms with van der Waals surface area (Å²) in [4.78, 5) is 23.9. The summed E-state index contributed by atoms with van der Waals surface area (Å²) in [7, 11) is 0. The Hall–Kier alpha value is -2.38. The average Bonchev–Trinajstić information content (AvgIpc) is 3.05. The standard InChI is InChI=1S/C19H19BrN4O2/c20-13-4-5-14-15(12-22-16(14)11-13)18(19(25)26)24-9-7-23(8-10-24)17-3-1-2-6-21-17/h1-6,11-12,18,22H,7-10H2,(H,25,26)/t18-/m0/s1. The number of carbonyl (C=O) groups is 1. The molecule has 1 saturated heterocycles. The second-order valence-corrected chi connectivity index (χ2v) is 7.30. The molecule has 4 rings (SSSR count). The lowest BCUT2D eigenvalue weighted by atomic mass is 10.0. The number of H-pyrrole nitrogens is 1. The molecule has 26 heavy (non-hydrogen) atoms. The lowest BCUT2D eigenvalue weighted by Gasteiger charge is -2.38. The Balaban J connectivity index is 1.57. The lowest BCUT2D eigenvalue weighted by molar-refractivity contribution is -0.143. The zero-order chi connectivity index (χ0) is 18.1. The van der Waals surface area contributed by atoms with Gasteiger partial charge in [0.25, 0.3) is 0 Å². The molecule has 2 aromatic heterocycles. The van der Waals surface area contributed by atoms with Crippen molar-refractivity contribution in [2.75, 3.05) is 31.1 Å². The highest BCUT2D eigenvalue weighted by atomic mass is 79.9. The van der Waals surface area contributed by atoms with Crippen LogP contribution < -0.4 is 4.90 Å². The molecule has 0 saturated carbocycles. The molecule has 0 amide bonds. The second-order valence-electron chi connectivity index (χ2n) is 6.39. The number of fused-ring (bicyclic) bond motifs is 1. The molecule has 1 fully saturated rings. The number of hydrogen-bond donors (Lipinski definition) is 2. The third-order valence-electron chi connectivity index (χ3n) is 4.86. The van der Waals surface area contributed by atoms with Crippen LogP contribution in [0.25, 0.3) is 10.9 Å². The number of carboxylic acid groups (broad SMARTS) is 1. The maximum Gasteiger partial charge on any atom is 0.325 e. The predicted octanol–water partition coefficient (Wildman–Crippen LogP) is 3.27. The fourth-order valence-corrected chi connectivity index (χ4v) is 3.94. The number of carboxylic acids is 1. The highest BCUT2D eigenvalue weighted by Gasteiger charge is 2.32. The zero-order valence-corrected chi connectivity index (χ0v) is 15.7. The smallest absolute Gasteiger partial charge is 0.325 e. The van der Waals surface area contributed by atoms with Gasteiger partial charge in [-0.3, -0.25) is 9.69 Å². The number of aliphatic carboxylic acids is 1. The fourth-order valence-electron chi connectivity index (χ4n) is 3.58. The van der Waals surface area contributed by atoms with E-state index in [4.69, 9.17) is 0 Å². The van der Waals surface area contributed by atoms with E-state index in [1.807, 2.05) is 47.5 Å². The molecule has 0 unspecified atom stereocenters. The summed E-state index contributed by atoms with van der Waals surface area (Å²) in [5.41, 5.74) is 1.75. The van der Waals surface area contributed by atoms with Crippen molar-refractivity contribution < 1.29 is 9.90 Å². The number of nitrogens with zero attached hydrogens (tertiary/aromatic N) is 3. The van der Waals surface area contributed by atoms with Gasteiger partial charge in [0.05, 0.1) is 0 Å². The van der Waals surface area contributed by atoms with E-state index in [2.05, 4.69) is 30.8 Å². The van der Waals surface area contributed by atoms with Crippen molar-refractivity contribution in [2.45, 2.75) is 6.04 Å². The lowest BCUT2D eigenvalue weighted by Crippen LogP contribution is -2.49. The van der Waals surface area contributed by atoms with E-state index in [9.17, 15) is 9.90 Å². The van der Waals surface area contributed by atoms with Gasteiger partial charge < -0.3 is 15.0 Å². The van der Waals surface area contributed by atoms with Crippen molar-refractivity contribution in [3.63, 3.8) is 0 Å². The van der Waals surface area contributed by atoms with Crippen molar-refractivity contribution in [1.82, 2.24) is 14.9 Å². The number of pyridine rings is 1. The molecule has 3 heterocycles. The second kappa shape index (κ2) is 7.09. The number of hydrogen-bond acceptors (Lipinski definition) is 4. The number of aromatic nitrogens is 2. The molecule has 6 nitrogen and oxygen atoms in total. The number of halogens is 1. The molecule has 0 aliphatic carbocycles. The van der Waals surface area contributed by atoms with E-state index in [0.29, 0.717) is 13.1 Å². The summed E-state index contributed by atoms with van der Waals surface area (Å²) < 4.78 is 0.967. The maximum absolute atomic E-state index is 12.1. The molecule has 1 atom stereocenters. The van der Waals surface area contributed by atoms with Crippen LogP contribution >= 0.6 is 15.9 Å². The first-order valence-electron chi connectivity index (χ1n) is 8.53. The topological polar surface area (TPSA) is 72.5 Å². The van der Waals surface area contributed by atoms with Gasteiger partial charge in [0.15, 0.2) is 0 Å². The molecule has 1 aliphatic heterocycles. The van der Waals surface area contributed by atoms with Crippen LogP contribution in [-0.2, 0) is 4.79 Å². The molecular weight excluding hydrogens is 396 g/mol. The molecule has 3 aromatic rings. The van der Waals surface area contributed by atoms with Crippen LogP contribution in [0.2, 0.25) is 0 Å². The summed E-state index contributed by atoms with van der Waals surface area (Å²) in [6.45, 7) is 2.87. The van der Waals surface area contributed by atoms with Gasteiger partial charge >= 0.3 is 5.97 Å². The Kier molecular flexibility index (Phi) is 4.65. The van der Waals surface area contributed by atoms with Crippen molar-refractivity contribution >= 4 is 38.6 Å². The molecule has 1 aromatic carbocycles. The minimum Gasteiger partial charge on any atom is -0.480 e. The van der Waals surface area contributed by atoms with E-state index in [1.54, 1.807) is 6.20 Å². The first kappa shape index (κ1) is 17.1. The number of anilines is 1. The van der Waals surface area contributed by atoms with E-state index in [1.165, 1.54) is 0 Å². The van der Waals surface area contributed by atoms with Crippen molar-refractivity contribution in [1.29, 1.82) is 0 Å². The average molecular weight is 415 g/mol. The highest BCUT2D eigenvalue weighted by Crippen LogP contribution is 2.31. The van der Waals surface area contributed by atoms with Crippen LogP contribution in [0.3, 0.4) is 0 Å². The van der Waals surface area contributed by atoms with Crippen LogP contribution in [0.4, 0.5) is 5.82 Å². The number of benzene rings is 1. The molecule has 134 valence electrons. The van der Waals surface area contributed by atoms with Crippen LogP contribution in [-0.4, -0.2) is 52.1 Å². The van der Waals surface area contributed by atoms with Gasteiger partial charge in [-0.05, 0) is 24.3 Å². The van der Waals surface area contributed by atoms with Crippen molar-refractivity contribution in [3.05, 3.63) is 58.8 Å². The normalized spacial score (nSPS) is 16.7. The van der Waals surface area contributed by atoms with E-state index >= 15 is 0 Å². The Morgan fingerprint density at radius 3 is 2.69 bits per heavy atom. The number of piperazine rings is 1. The van der Waals surface area contributed by atoms with Crippen LogP contribution in [0.15, 0.2) is 53.3 Å². The third-order valence-corrected chi connectivity index (χ3v) is 5.35. The summed E-state index contributed by atoms with van der Waals surface area (Å²) in [5, 5.41) is 10.9. The van der Waals surface area contributed by atoms with Crippen molar-refractivity contribution in [2.24, 2.45) is 0 Å². The van der Waals surface area contributed by atoms with Gasteiger partial charge in [0.1, 0.15) is 11.9 Å². The maximum atomic E-state index is 12.1. The molecule has 2 N–H and O–H groups in total. The number of nitrogens with one attached hydrogen (secondary N) is 1. The fraction of sp³-hybridized carbons (Fsp3) is 0.263. The third kappa shape index (κ3) is 3.20. The van der Waals surface area contributed by atoms with E-state index < -0.39 is 12.0 Å². The van der Waals surface area contributed by atoms with Gasteiger partial charge in [-0.25, -0.2) is 4.98 Å². The number of aromatic amines is 1. The summed E-state index contributed by atoms with van der Waals surface area (Å²) in [5.74, 6) is 0.121. The highest BCUT2D eigenvalue weighted by molar-refractivity contribution is 9.10. The van der Waals surface area contributed by atoms with Gasteiger partial charge in [0.2, 0.25) is 0 Å². The molecule has 1 aliphatic rings. The minimum atomic E-state index is -0.819. The van der Waals surface area contributed by atoms with Crippen molar-refractivity contribution in [3.8, 4) is 0 Å². The van der Waals surface area contributed by atoms with Crippen LogP contribution in [0.5, 0.6) is 0 Å². The zero-order valence-electron chi connectivity index (χ0n) is 14.1. The largest absolute Gasteiger partial charge is 0.480 e. The van der Waals surface area contributed by atoms with Crippen LogP contribution in [0.1, 0.15) is 11.6 Å². The molecular formula is C19H19BrN4O2. The van der Waals surface area contributed by atoms with Gasteiger partial charge in [-0.1, -0.05) is 28.1 Å². The predicted molar refractivity (Wildman–Crippen MR) is 104 cm³/mol. The van der Waals surface area contributed by atoms with Crippen LogP contribution in [0, 0.1) is 0 Å². The molecule has 0 bridgehead atoms. The van der Waals surface area contributed by atoms with Gasteiger partial charge in [-0.2, -0.15) is 0 Å². The Labute approximate surface area is 159 Å². The summed E-state index contributed by atoms with van der Waals surface area (Å²) >= 11 is 3.45. The number of rotatable bonds is 4. The Bertz CT molecular complexity index is 920. The monoisotopic (exact) mass is 414 g/mol. The van der Waals surface area contributed by atoms with Gasteiger partial charge in [0, 0.05) is 59.5 Å². The molecule has 0 radical (unpaired) electrons. The first-order chi connectivity index (χ1) is 12.6.